The smallest absolute Gasteiger partial charge is 0.279 e. The molecule has 0 radical (unpaired) electrons. The zero-order valence-corrected chi connectivity index (χ0v) is 19.5. The zero-order valence-electron chi connectivity index (χ0n) is 19.5. The van der Waals surface area contributed by atoms with E-state index in [9.17, 15) is 9.59 Å². The van der Waals surface area contributed by atoms with Gasteiger partial charge < -0.3 is 20.4 Å². The molecule has 0 unspecified atom stereocenters. The quantitative estimate of drug-likeness (QED) is 0.454. The van der Waals surface area contributed by atoms with Gasteiger partial charge in [0.15, 0.2) is 12.6 Å². The van der Waals surface area contributed by atoms with Crippen LogP contribution in [0.5, 0.6) is 0 Å². The van der Waals surface area contributed by atoms with Crippen molar-refractivity contribution < 1.29 is 19.4 Å². The van der Waals surface area contributed by atoms with Crippen LogP contribution in [0.4, 0.5) is 5.69 Å². The van der Waals surface area contributed by atoms with Gasteiger partial charge in [-0.25, -0.2) is 0 Å². The third-order valence-corrected chi connectivity index (χ3v) is 6.89. The summed E-state index contributed by atoms with van der Waals surface area (Å²) in [6, 6.07) is 6.02. The van der Waals surface area contributed by atoms with Crippen molar-refractivity contribution in [2.24, 2.45) is 0 Å². The molecule has 1 atom stereocenters. The first-order valence-electron chi connectivity index (χ1n) is 11.9. The first-order valence-corrected chi connectivity index (χ1v) is 11.9. The number of aryl methyl sites for hydroxylation is 2. The van der Waals surface area contributed by atoms with Crippen molar-refractivity contribution in [2.45, 2.75) is 58.9 Å². The number of carbonyl (C=O) groups excluding carboxylic acids is 2. The molecule has 2 amide bonds. The van der Waals surface area contributed by atoms with E-state index in [1.54, 1.807) is 0 Å². The number of carbonyl (C=O) groups is 2. The molecule has 0 saturated carbocycles. The minimum Gasteiger partial charge on any atom is -0.351 e. The van der Waals surface area contributed by atoms with Gasteiger partial charge >= 0.3 is 0 Å². The Kier molecular flexibility index (Phi) is 8.67. The van der Waals surface area contributed by atoms with Gasteiger partial charge in [-0.15, -0.1) is 0 Å². The maximum atomic E-state index is 12.6. The number of amides is 2. The summed E-state index contributed by atoms with van der Waals surface area (Å²) in [4.78, 5) is 27.8. The molecule has 1 aliphatic heterocycles. The second-order valence-electron chi connectivity index (χ2n) is 9.27. The van der Waals surface area contributed by atoms with Gasteiger partial charge in [-0.1, -0.05) is 29.8 Å². The number of hydrogen-bond acceptors (Lipinski definition) is 2. The van der Waals surface area contributed by atoms with Crippen molar-refractivity contribution >= 4 is 17.5 Å². The Bertz CT molecular complexity index is 776. The van der Waals surface area contributed by atoms with Crippen LogP contribution >= 0.6 is 0 Å². The number of hydrogen-bond donors (Lipinski definition) is 4. The van der Waals surface area contributed by atoms with Crippen LogP contribution in [-0.4, -0.2) is 57.1 Å². The Morgan fingerprint density at radius 2 is 1.77 bits per heavy atom. The first kappa shape index (κ1) is 23.5. The van der Waals surface area contributed by atoms with Crippen LogP contribution in [0, 0.1) is 13.8 Å². The number of piperazine rings is 1. The molecule has 1 heterocycles. The normalized spacial score (nSPS) is 22.4. The third kappa shape index (κ3) is 6.91. The molecular weight excluding hydrogens is 388 g/mol. The lowest BCUT2D eigenvalue weighted by atomic mass is 9.97. The lowest BCUT2D eigenvalue weighted by Crippen LogP contribution is -3.30. The number of quaternary nitrogens is 2. The summed E-state index contributed by atoms with van der Waals surface area (Å²) in [6.45, 7) is 11.0. The average Bonchev–Trinajstić information content (AvgIpc) is 2.77. The van der Waals surface area contributed by atoms with Crippen LogP contribution in [-0.2, 0) is 9.59 Å². The van der Waals surface area contributed by atoms with E-state index in [1.807, 2.05) is 39.0 Å². The Morgan fingerprint density at radius 3 is 2.42 bits per heavy atom. The van der Waals surface area contributed by atoms with E-state index in [2.05, 4.69) is 16.7 Å². The summed E-state index contributed by atoms with van der Waals surface area (Å²) in [5.74, 6) is 0.223. The molecule has 1 saturated heterocycles. The van der Waals surface area contributed by atoms with Crippen LogP contribution in [0.1, 0.15) is 50.2 Å². The number of allylic oxidation sites excluding steroid dienone is 1. The molecule has 1 aromatic rings. The van der Waals surface area contributed by atoms with Gasteiger partial charge in [-0.3, -0.25) is 9.59 Å². The summed E-state index contributed by atoms with van der Waals surface area (Å²) >= 11 is 0. The topological polar surface area (TPSA) is 67.1 Å². The molecule has 2 aliphatic rings. The molecule has 0 spiro atoms. The fourth-order valence-electron chi connectivity index (χ4n) is 4.77. The van der Waals surface area contributed by atoms with Gasteiger partial charge in [0.05, 0.1) is 0 Å². The molecule has 1 aromatic carbocycles. The van der Waals surface area contributed by atoms with Gasteiger partial charge in [0.1, 0.15) is 26.2 Å². The molecule has 31 heavy (non-hydrogen) atoms. The van der Waals surface area contributed by atoms with E-state index in [4.69, 9.17) is 0 Å². The number of para-hydroxylation sites is 1. The highest BCUT2D eigenvalue weighted by Gasteiger charge is 2.31. The highest BCUT2D eigenvalue weighted by atomic mass is 16.2. The van der Waals surface area contributed by atoms with Gasteiger partial charge in [0.25, 0.3) is 11.8 Å². The molecule has 6 nitrogen and oxygen atoms in total. The highest BCUT2D eigenvalue weighted by molar-refractivity contribution is 5.93. The van der Waals surface area contributed by atoms with Gasteiger partial charge in [-0.05, 0) is 64.0 Å². The second-order valence-corrected chi connectivity index (χ2v) is 9.27. The van der Waals surface area contributed by atoms with Crippen LogP contribution in [0.2, 0.25) is 0 Å². The molecule has 1 aliphatic carbocycles. The van der Waals surface area contributed by atoms with Gasteiger partial charge in [-0.2, -0.15) is 0 Å². The third-order valence-electron chi connectivity index (χ3n) is 6.89. The Labute approximate surface area is 187 Å². The van der Waals surface area contributed by atoms with Gasteiger partial charge in [0, 0.05) is 12.2 Å². The summed E-state index contributed by atoms with van der Waals surface area (Å²) in [6.07, 6.45) is 8.31. The Balaban J connectivity index is 1.37. The molecule has 170 valence electrons. The van der Waals surface area contributed by atoms with Gasteiger partial charge in [0.2, 0.25) is 0 Å². The summed E-state index contributed by atoms with van der Waals surface area (Å²) < 4.78 is 0. The van der Waals surface area contributed by atoms with E-state index >= 15 is 0 Å². The van der Waals surface area contributed by atoms with Crippen molar-refractivity contribution in [1.82, 2.24) is 5.32 Å². The summed E-state index contributed by atoms with van der Waals surface area (Å²) in [5, 5.41) is 6.23. The van der Waals surface area contributed by atoms with Crippen LogP contribution in [0.3, 0.4) is 0 Å². The molecule has 4 N–H and O–H groups in total. The maximum absolute atomic E-state index is 12.6. The fraction of sp³-hybridized carbons (Fsp3) is 0.600. The largest absolute Gasteiger partial charge is 0.351 e. The van der Waals surface area contributed by atoms with E-state index < -0.39 is 0 Å². The molecule has 1 fully saturated rings. The predicted molar refractivity (Wildman–Crippen MR) is 124 cm³/mol. The number of benzene rings is 1. The van der Waals surface area contributed by atoms with E-state index in [1.165, 1.54) is 41.1 Å². The Hall–Kier alpha value is -2.18. The summed E-state index contributed by atoms with van der Waals surface area (Å²) in [7, 11) is 0. The molecular formula is C25H40N4O2+2. The number of rotatable bonds is 8. The minimum absolute atomic E-state index is 0.0367. The lowest BCUT2D eigenvalue weighted by Gasteiger charge is -2.32. The number of anilines is 1. The fourth-order valence-corrected chi connectivity index (χ4v) is 4.77. The number of nitrogens with one attached hydrogen (secondary N) is 4. The average molecular weight is 429 g/mol. The molecule has 0 bridgehead atoms. The zero-order chi connectivity index (χ0) is 22.2. The van der Waals surface area contributed by atoms with Crippen LogP contribution in [0.15, 0.2) is 29.8 Å². The van der Waals surface area contributed by atoms with Crippen LogP contribution in [0.25, 0.3) is 0 Å². The van der Waals surface area contributed by atoms with Crippen molar-refractivity contribution in [3.63, 3.8) is 0 Å². The predicted octanol–water partition coefficient (Wildman–Crippen LogP) is 0.421. The van der Waals surface area contributed by atoms with Crippen LogP contribution < -0.4 is 20.4 Å². The molecule has 0 aromatic heterocycles. The van der Waals surface area contributed by atoms with Crippen molar-refractivity contribution in [3.05, 3.63) is 41.0 Å². The van der Waals surface area contributed by atoms with E-state index in [0.29, 0.717) is 6.54 Å². The van der Waals surface area contributed by atoms with Crippen molar-refractivity contribution in [2.75, 3.05) is 44.6 Å². The summed E-state index contributed by atoms with van der Waals surface area (Å²) in [5.41, 5.74) is 4.63. The molecule has 6 heteroatoms. The van der Waals surface area contributed by atoms with Crippen molar-refractivity contribution in [3.8, 4) is 0 Å². The van der Waals surface area contributed by atoms with E-state index in [0.717, 1.165) is 56.0 Å². The monoisotopic (exact) mass is 428 g/mol. The second kappa shape index (κ2) is 11.4. The Morgan fingerprint density at radius 1 is 1.06 bits per heavy atom. The van der Waals surface area contributed by atoms with Crippen molar-refractivity contribution in [1.29, 1.82) is 0 Å². The molecule has 3 rings (SSSR count). The minimum atomic E-state index is -0.0367. The highest BCUT2D eigenvalue weighted by Crippen LogP contribution is 2.19. The SMILES string of the molecule is Cc1cccc(C)c1NC(=O)C[NH+]1CC[NH+]([C@H](C)C(=O)NCCC2=CCCCC2)CC1. The van der Waals surface area contributed by atoms with E-state index in [-0.39, 0.29) is 17.9 Å². The first-order chi connectivity index (χ1) is 14.9. The maximum Gasteiger partial charge on any atom is 0.279 e. The lowest BCUT2D eigenvalue weighted by molar-refractivity contribution is -1.01. The standard InChI is InChI=1S/C25H38N4O2/c1-19-8-7-9-20(2)24(19)27-23(30)18-28-14-16-29(17-15-28)21(3)25(31)26-13-12-22-10-5-4-6-11-22/h7-10,21H,4-6,11-18H2,1-3H3,(H,26,31)(H,27,30)/p+2/t21-/m1/s1.